The maximum atomic E-state index is 13.6. The van der Waals surface area contributed by atoms with Gasteiger partial charge in [0.1, 0.15) is 5.75 Å². The second-order valence-corrected chi connectivity index (χ2v) is 13.8. The molecular weight excluding hydrogens is 626 g/mol. The van der Waals surface area contributed by atoms with Crippen LogP contribution in [0.4, 0.5) is 11.4 Å². The molecule has 0 amide bonds. The van der Waals surface area contributed by atoms with E-state index in [0.29, 0.717) is 49.4 Å². The molecule has 1 aliphatic rings. The number of nitriles is 1. The largest absolute Gasteiger partial charge is 0.494 e. The molecule has 0 N–H and O–H groups in total. The first kappa shape index (κ1) is 39.1. The molecule has 11 nitrogen and oxygen atoms in total. The Kier molecular flexibility index (Phi) is 14.7. The first-order valence-electron chi connectivity index (χ1n) is 17.0. The van der Waals surface area contributed by atoms with Crippen LogP contribution < -0.4 is 4.74 Å². The third-order valence-electron chi connectivity index (χ3n) is 8.85. The summed E-state index contributed by atoms with van der Waals surface area (Å²) in [4.78, 5) is 39.4. The topological polar surface area (TPSA) is 149 Å². The number of carbonyl (C=O) groups excluding carboxylic acids is 3. The maximum absolute atomic E-state index is 13.6. The molecule has 0 saturated carbocycles. The van der Waals surface area contributed by atoms with E-state index >= 15 is 0 Å². The van der Waals surface area contributed by atoms with Crippen molar-refractivity contribution in [1.29, 1.82) is 5.26 Å². The zero-order valence-electron chi connectivity index (χ0n) is 29.8. The smallest absolute Gasteiger partial charge is 0.311 e. The van der Waals surface area contributed by atoms with E-state index < -0.39 is 34.2 Å². The minimum atomic E-state index is -1.13. The molecule has 0 aliphatic carbocycles. The zero-order chi connectivity index (χ0) is 35.9. The van der Waals surface area contributed by atoms with Crippen molar-refractivity contribution in [2.24, 2.45) is 26.5 Å². The molecule has 2 aromatic carbocycles. The third kappa shape index (κ3) is 12.6. The summed E-state index contributed by atoms with van der Waals surface area (Å²) in [5.41, 5.74) is -1.12. The number of epoxide rings is 1. The molecule has 0 bridgehead atoms. The summed E-state index contributed by atoms with van der Waals surface area (Å²) in [6.45, 7) is 10.7. The molecule has 0 spiro atoms. The summed E-state index contributed by atoms with van der Waals surface area (Å²) in [6.07, 6.45) is 4.85. The van der Waals surface area contributed by atoms with Gasteiger partial charge in [-0.1, -0.05) is 6.92 Å². The number of hydrogen-bond donors (Lipinski definition) is 0. The predicted molar refractivity (Wildman–Crippen MR) is 184 cm³/mol. The van der Waals surface area contributed by atoms with Gasteiger partial charge in [0, 0.05) is 6.42 Å². The van der Waals surface area contributed by atoms with E-state index in [1.165, 1.54) is 7.11 Å². The van der Waals surface area contributed by atoms with E-state index in [1.807, 2.05) is 31.2 Å². The van der Waals surface area contributed by atoms with Crippen molar-refractivity contribution < 1.29 is 38.1 Å². The molecule has 1 fully saturated rings. The highest BCUT2D eigenvalue weighted by Gasteiger charge is 2.49. The first-order valence-corrected chi connectivity index (χ1v) is 17.0. The lowest BCUT2D eigenvalue weighted by molar-refractivity contribution is -0.168. The number of azo groups is 1. The highest BCUT2D eigenvalue weighted by molar-refractivity contribution is 5.82. The summed E-state index contributed by atoms with van der Waals surface area (Å²) in [5, 5.41) is 17.3. The molecule has 3 rings (SSSR count). The number of nitrogens with zero attached hydrogens (tertiary/aromatic N) is 3. The molecule has 3 atom stereocenters. The van der Waals surface area contributed by atoms with E-state index in [0.717, 1.165) is 25.0 Å². The normalized spacial score (nSPS) is 16.6. The van der Waals surface area contributed by atoms with Crippen LogP contribution in [0.5, 0.6) is 5.75 Å². The van der Waals surface area contributed by atoms with Gasteiger partial charge in [-0.2, -0.15) is 15.5 Å². The molecule has 266 valence electrons. The van der Waals surface area contributed by atoms with Crippen molar-refractivity contribution in [2.45, 2.75) is 92.1 Å². The van der Waals surface area contributed by atoms with Gasteiger partial charge in [-0.15, -0.1) is 0 Å². The lowest BCUT2D eigenvalue weighted by Gasteiger charge is -2.39. The second kappa shape index (κ2) is 18.5. The van der Waals surface area contributed by atoms with Crippen LogP contribution in [0.25, 0.3) is 0 Å². The molecule has 1 heterocycles. The average Bonchev–Trinajstić information content (AvgIpc) is 3.92. The van der Waals surface area contributed by atoms with Crippen molar-refractivity contribution in [1.82, 2.24) is 0 Å². The highest BCUT2D eigenvalue weighted by atomic mass is 16.6. The Morgan fingerprint density at radius 3 is 1.92 bits per heavy atom. The van der Waals surface area contributed by atoms with Crippen LogP contribution in [0.1, 0.15) is 91.5 Å². The molecule has 1 aliphatic heterocycles. The fourth-order valence-electron chi connectivity index (χ4n) is 5.83. The summed E-state index contributed by atoms with van der Waals surface area (Å²) in [7, 11) is 1.34. The number of ether oxygens (including phenoxy) is 5. The monoisotopic (exact) mass is 677 g/mol. The van der Waals surface area contributed by atoms with E-state index in [4.69, 9.17) is 28.9 Å². The maximum Gasteiger partial charge on any atom is 0.311 e. The zero-order valence-corrected chi connectivity index (χ0v) is 29.8. The molecule has 2 aromatic rings. The Bertz CT molecular complexity index is 1450. The van der Waals surface area contributed by atoms with Crippen molar-refractivity contribution in [3.63, 3.8) is 0 Å². The molecular formula is C38H51N3O8. The van der Waals surface area contributed by atoms with Gasteiger partial charge in [-0.25, -0.2) is 0 Å². The second-order valence-electron chi connectivity index (χ2n) is 13.8. The number of unbranched alkanes of at least 4 members (excludes halogenated alkanes) is 3. The summed E-state index contributed by atoms with van der Waals surface area (Å²) < 4.78 is 27.4. The minimum absolute atomic E-state index is 0.151. The minimum Gasteiger partial charge on any atom is -0.494 e. The summed E-state index contributed by atoms with van der Waals surface area (Å²) in [5.74, 6) is -0.499. The molecule has 0 aromatic heterocycles. The van der Waals surface area contributed by atoms with Crippen LogP contribution in [0.2, 0.25) is 0 Å². The van der Waals surface area contributed by atoms with Gasteiger partial charge in [0.25, 0.3) is 0 Å². The van der Waals surface area contributed by atoms with Gasteiger partial charge in [0.15, 0.2) is 0 Å². The van der Waals surface area contributed by atoms with Crippen molar-refractivity contribution in [2.75, 3.05) is 33.5 Å². The fourth-order valence-corrected chi connectivity index (χ4v) is 5.83. The quantitative estimate of drug-likeness (QED) is 0.0419. The Labute approximate surface area is 290 Å². The standard InChI is InChI=1S/C38H51N3O8/c1-7-37(4,34(43)45-6)27-38(5,26-36(2,3)33(42)48-23-20-32-25-49-32)35(44)47-22-11-9-8-10-21-46-31-18-16-30(17-19-31)41-40-29-14-12-28(24-39)13-15-29/h12-19,32H,7-11,20-23,25-27H2,1-6H3/b41-40+. The predicted octanol–water partition coefficient (Wildman–Crippen LogP) is 8.19. The summed E-state index contributed by atoms with van der Waals surface area (Å²) in [6, 6.07) is 16.3. The molecule has 1 saturated heterocycles. The van der Waals surface area contributed by atoms with E-state index in [1.54, 1.807) is 52.0 Å². The number of benzene rings is 2. The van der Waals surface area contributed by atoms with Gasteiger partial charge >= 0.3 is 17.9 Å². The Balaban J connectivity index is 1.43. The molecule has 0 radical (unpaired) electrons. The van der Waals surface area contributed by atoms with E-state index in [9.17, 15) is 14.4 Å². The van der Waals surface area contributed by atoms with Gasteiger partial charge in [0.05, 0.1) is 78.9 Å². The van der Waals surface area contributed by atoms with Crippen LogP contribution in [0, 0.1) is 27.6 Å². The number of hydrogen-bond acceptors (Lipinski definition) is 11. The number of carbonyl (C=O) groups is 3. The van der Waals surface area contributed by atoms with Gasteiger partial charge in [-0.05, 0) is 121 Å². The van der Waals surface area contributed by atoms with E-state index in [2.05, 4.69) is 16.3 Å². The first-order chi connectivity index (χ1) is 23.3. The van der Waals surface area contributed by atoms with Crippen LogP contribution in [-0.4, -0.2) is 57.5 Å². The third-order valence-corrected chi connectivity index (χ3v) is 8.85. The van der Waals surface area contributed by atoms with Crippen LogP contribution >= 0.6 is 0 Å². The Morgan fingerprint density at radius 1 is 0.796 bits per heavy atom. The lowest BCUT2D eigenvalue weighted by Crippen LogP contribution is -2.44. The number of methoxy groups -OCH3 is 1. The number of rotatable bonds is 21. The van der Waals surface area contributed by atoms with Crippen LogP contribution in [0.3, 0.4) is 0 Å². The van der Waals surface area contributed by atoms with Gasteiger partial charge < -0.3 is 23.7 Å². The highest BCUT2D eigenvalue weighted by Crippen LogP contribution is 2.46. The molecule has 11 heteroatoms. The van der Waals surface area contributed by atoms with Crippen LogP contribution in [-0.2, 0) is 33.3 Å². The Morgan fingerprint density at radius 2 is 1.37 bits per heavy atom. The van der Waals surface area contributed by atoms with Gasteiger partial charge in [0.2, 0.25) is 0 Å². The SMILES string of the molecule is CCC(C)(CC(C)(CC(C)(C)C(=O)OCCC1CO1)C(=O)OCCCCCCOc1ccc(/N=N/c2ccc(C#N)cc2)cc1)C(=O)OC. The van der Waals surface area contributed by atoms with Crippen molar-refractivity contribution in [3.8, 4) is 11.8 Å². The van der Waals surface area contributed by atoms with Crippen molar-refractivity contribution >= 4 is 29.3 Å². The Hall–Kier alpha value is -4.30. The molecule has 3 unspecified atom stereocenters. The lowest BCUT2D eigenvalue weighted by atomic mass is 9.65. The summed E-state index contributed by atoms with van der Waals surface area (Å²) >= 11 is 0. The van der Waals surface area contributed by atoms with Crippen molar-refractivity contribution in [3.05, 3.63) is 54.1 Å². The number of esters is 3. The molecule has 49 heavy (non-hydrogen) atoms. The fraction of sp³-hybridized carbons (Fsp3) is 0.579. The van der Waals surface area contributed by atoms with Crippen LogP contribution in [0.15, 0.2) is 58.8 Å². The van der Waals surface area contributed by atoms with Gasteiger partial charge in [-0.3, -0.25) is 14.4 Å². The average molecular weight is 678 g/mol. The van der Waals surface area contributed by atoms with E-state index in [-0.39, 0.29) is 32.2 Å².